The summed E-state index contributed by atoms with van der Waals surface area (Å²) in [4.78, 5) is 0. The average molecular weight is 348 g/mol. The Balaban J connectivity index is 1.43. The van der Waals surface area contributed by atoms with Crippen LogP contribution in [0.4, 0.5) is 5.69 Å². The Morgan fingerprint density at radius 2 is 1.87 bits per heavy atom. The fourth-order valence-electron chi connectivity index (χ4n) is 3.17. The second kappa shape index (κ2) is 7.14. The number of para-hydroxylation sites is 2. The second-order valence-electron chi connectivity index (χ2n) is 5.76. The van der Waals surface area contributed by atoms with E-state index in [1.54, 1.807) is 7.11 Å². The van der Waals surface area contributed by atoms with E-state index in [0.717, 1.165) is 17.9 Å². The van der Waals surface area contributed by atoms with Gasteiger partial charge in [0.15, 0.2) is 10.2 Å². The van der Waals surface area contributed by atoms with Gasteiger partial charge in [0.25, 0.3) is 0 Å². The number of anilines is 1. The third-order valence-electron chi connectivity index (χ3n) is 4.24. The van der Waals surface area contributed by atoms with Gasteiger partial charge in [-0.1, -0.05) is 24.3 Å². The lowest BCUT2D eigenvalue weighted by molar-refractivity contribution is 0.417. The van der Waals surface area contributed by atoms with Crippen LogP contribution in [0.25, 0.3) is 0 Å². The van der Waals surface area contributed by atoms with Gasteiger partial charge in [-0.2, -0.15) is 0 Å². The fraction of sp³-hybridized carbons (Fsp3) is 0.375. The number of fused-ring (bicyclic) bond motifs is 2. The van der Waals surface area contributed by atoms with E-state index < -0.39 is 0 Å². The maximum Gasteiger partial charge on any atom is 0.189 e. The third kappa shape index (κ3) is 3.92. The van der Waals surface area contributed by atoms with Crippen LogP contribution in [0.1, 0.15) is 12.8 Å². The van der Waals surface area contributed by atoms with Crippen LogP contribution in [0.3, 0.4) is 0 Å². The molecule has 122 valence electrons. The summed E-state index contributed by atoms with van der Waals surface area (Å²) in [6, 6.07) is 8.00. The summed E-state index contributed by atoms with van der Waals surface area (Å²) in [6.07, 6.45) is 6.98. The molecule has 0 heterocycles. The summed E-state index contributed by atoms with van der Waals surface area (Å²) in [5.41, 5.74) is 6.62. The first kappa shape index (κ1) is 16.0. The summed E-state index contributed by atoms with van der Waals surface area (Å²) in [5, 5.41) is 7.40. The molecule has 0 saturated heterocycles. The van der Waals surface area contributed by atoms with E-state index in [1.807, 2.05) is 24.3 Å². The van der Waals surface area contributed by atoms with Gasteiger partial charge in [-0.25, -0.2) is 0 Å². The molecule has 2 aliphatic carbocycles. The monoisotopic (exact) mass is 348 g/mol. The van der Waals surface area contributed by atoms with Gasteiger partial charge in [-0.3, -0.25) is 10.9 Å². The van der Waals surface area contributed by atoms with Crippen LogP contribution >= 0.6 is 24.4 Å². The fourth-order valence-corrected chi connectivity index (χ4v) is 3.53. The van der Waals surface area contributed by atoms with Gasteiger partial charge in [0.2, 0.25) is 0 Å². The number of methoxy groups -OCH3 is 1. The Kier molecular flexibility index (Phi) is 4.97. The van der Waals surface area contributed by atoms with Gasteiger partial charge in [0.1, 0.15) is 5.75 Å². The predicted octanol–water partition coefficient (Wildman–Crippen LogP) is 2.33. The number of benzene rings is 1. The standard InChI is InChI=1S/C16H20N4OS2/c1-21-14-5-3-2-4-12(14)17-15(22)19-20-16(23)18-13-9-10-6-7-11(13)8-10/h2-7,10-11,13H,8-9H2,1H3,(H2,17,19,22)(H2,18,20,23)/t10-,11+,13-/m1/s1. The first-order valence-electron chi connectivity index (χ1n) is 7.60. The Labute approximate surface area is 146 Å². The largest absolute Gasteiger partial charge is 0.495 e. The van der Waals surface area contributed by atoms with Crippen molar-refractivity contribution < 1.29 is 4.74 Å². The summed E-state index contributed by atoms with van der Waals surface area (Å²) in [7, 11) is 1.62. The summed E-state index contributed by atoms with van der Waals surface area (Å²) < 4.78 is 5.27. The van der Waals surface area contributed by atoms with Gasteiger partial charge in [0, 0.05) is 6.04 Å². The zero-order valence-electron chi connectivity index (χ0n) is 12.8. The minimum atomic E-state index is 0.419. The van der Waals surface area contributed by atoms with Crippen molar-refractivity contribution in [3.8, 4) is 5.75 Å². The quantitative estimate of drug-likeness (QED) is 0.380. The molecule has 0 unspecified atom stereocenters. The van der Waals surface area contributed by atoms with Crippen LogP contribution in [-0.2, 0) is 0 Å². The first-order chi connectivity index (χ1) is 11.2. The van der Waals surface area contributed by atoms with E-state index in [9.17, 15) is 0 Å². The summed E-state index contributed by atoms with van der Waals surface area (Å²) >= 11 is 10.6. The third-order valence-corrected chi connectivity index (χ3v) is 4.66. The van der Waals surface area contributed by atoms with Crippen LogP contribution < -0.4 is 26.2 Å². The van der Waals surface area contributed by atoms with Crippen molar-refractivity contribution in [3.63, 3.8) is 0 Å². The minimum Gasteiger partial charge on any atom is -0.495 e. The number of nitrogens with one attached hydrogen (secondary N) is 4. The highest BCUT2D eigenvalue weighted by atomic mass is 32.1. The zero-order valence-corrected chi connectivity index (χ0v) is 14.5. The molecule has 2 aliphatic rings. The van der Waals surface area contributed by atoms with Gasteiger partial charge in [-0.15, -0.1) is 0 Å². The molecule has 5 nitrogen and oxygen atoms in total. The van der Waals surface area contributed by atoms with Gasteiger partial charge in [0.05, 0.1) is 12.8 Å². The number of rotatable bonds is 3. The molecule has 1 aromatic rings. The maximum atomic E-state index is 5.32. The van der Waals surface area contributed by atoms with E-state index in [0.29, 0.717) is 28.1 Å². The Morgan fingerprint density at radius 1 is 1.09 bits per heavy atom. The molecular weight excluding hydrogens is 328 g/mol. The Bertz CT molecular complexity index is 634. The van der Waals surface area contributed by atoms with Crippen molar-refractivity contribution in [2.75, 3.05) is 12.4 Å². The molecule has 23 heavy (non-hydrogen) atoms. The van der Waals surface area contributed by atoms with Gasteiger partial charge < -0.3 is 15.4 Å². The molecule has 2 bridgehead atoms. The van der Waals surface area contributed by atoms with Crippen molar-refractivity contribution in [3.05, 3.63) is 36.4 Å². The number of hydrazine groups is 1. The predicted molar refractivity (Wildman–Crippen MR) is 100 cm³/mol. The van der Waals surface area contributed by atoms with E-state index in [1.165, 1.54) is 6.42 Å². The molecule has 3 rings (SSSR count). The van der Waals surface area contributed by atoms with Gasteiger partial charge >= 0.3 is 0 Å². The average Bonchev–Trinajstić information content (AvgIpc) is 3.16. The second-order valence-corrected chi connectivity index (χ2v) is 6.58. The van der Waals surface area contributed by atoms with Crippen LogP contribution in [-0.4, -0.2) is 23.4 Å². The zero-order chi connectivity index (χ0) is 16.2. The van der Waals surface area contributed by atoms with Gasteiger partial charge in [-0.05, 0) is 61.2 Å². The summed E-state index contributed by atoms with van der Waals surface area (Å²) in [5.74, 6) is 2.03. The SMILES string of the molecule is COc1ccccc1NC(=S)NNC(=S)N[C@@H]1C[C@@H]2C=C[C@H]1C2. The first-order valence-corrected chi connectivity index (χ1v) is 8.42. The van der Waals surface area contributed by atoms with Crippen LogP contribution in [0.15, 0.2) is 36.4 Å². The molecule has 3 atom stereocenters. The minimum absolute atomic E-state index is 0.419. The van der Waals surface area contributed by atoms with Crippen molar-refractivity contribution >= 4 is 40.3 Å². The lowest BCUT2D eigenvalue weighted by Gasteiger charge is -2.22. The number of allylic oxidation sites excluding steroid dienone is 1. The van der Waals surface area contributed by atoms with Crippen molar-refractivity contribution in [2.24, 2.45) is 11.8 Å². The summed E-state index contributed by atoms with van der Waals surface area (Å²) in [6.45, 7) is 0. The Morgan fingerprint density at radius 3 is 2.57 bits per heavy atom. The highest BCUT2D eigenvalue weighted by Gasteiger charge is 2.35. The molecule has 0 amide bonds. The van der Waals surface area contributed by atoms with Crippen molar-refractivity contribution in [1.82, 2.24) is 16.2 Å². The topological polar surface area (TPSA) is 57.4 Å². The highest BCUT2D eigenvalue weighted by molar-refractivity contribution is 7.80. The lowest BCUT2D eigenvalue weighted by Crippen LogP contribution is -2.51. The molecular formula is C16H20N4OS2. The van der Waals surface area contributed by atoms with Crippen LogP contribution in [0, 0.1) is 11.8 Å². The molecule has 1 fully saturated rings. The van der Waals surface area contributed by atoms with Crippen molar-refractivity contribution in [1.29, 1.82) is 0 Å². The number of hydrogen-bond acceptors (Lipinski definition) is 3. The van der Waals surface area contributed by atoms with E-state index in [4.69, 9.17) is 29.2 Å². The number of hydrogen-bond donors (Lipinski definition) is 4. The molecule has 4 N–H and O–H groups in total. The molecule has 1 saturated carbocycles. The number of thiocarbonyl (C=S) groups is 2. The lowest BCUT2D eigenvalue weighted by atomic mass is 10.0. The Hall–Kier alpha value is -1.86. The highest BCUT2D eigenvalue weighted by Crippen LogP contribution is 2.38. The van der Waals surface area contributed by atoms with E-state index in [-0.39, 0.29) is 0 Å². The van der Waals surface area contributed by atoms with E-state index in [2.05, 4.69) is 33.6 Å². The molecule has 7 heteroatoms. The van der Waals surface area contributed by atoms with Crippen molar-refractivity contribution in [2.45, 2.75) is 18.9 Å². The normalized spacial score (nSPS) is 24.1. The molecule has 0 aromatic heterocycles. The van der Waals surface area contributed by atoms with Crippen LogP contribution in [0.5, 0.6) is 5.75 Å². The van der Waals surface area contributed by atoms with Crippen LogP contribution in [0.2, 0.25) is 0 Å². The molecule has 0 aliphatic heterocycles. The molecule has 0 spiro atoms. The smallest absolute Gasteiger partial charge is 0.189 e. The number of ether oxygens (including phenoxy) is 1. The molecule has 0 radical (unpaired) electrons. The van der Waals surface area contributed by atoms with E-state index >= 15 is 0 Å². The maximum absolute atomic E-state index is 5.32. The molecule has 1 aromatic carbocycles.